The first kappa shape index (κ1) is 21.5. The lowest BCUT2D eigenvalue weighted by Gasteiger charge is -2.27. The van der Waals surface area contributed by atoms with Crippen molar-refractivity contribution < 1.29 is 28.2 Å². The molecule has 0 aliphatic rings. The summed E-state index contributed by atoms with van der Waals surface area (Å²) in [4.78, 5) is 15.6. The molecule has 0 saturated carbocycles. The molecule has 8 nitrogen and oxygen atoms in total. The highest BCUT2D eigenvalue weighted by Gasteiger charge is 2.37. The summed E-state index contributed by atoms with van der Waals surface area (Å²) in [6, 6.07) is 15.5. The fourth-order valence-corrected chi connectivity index (χ4v) is 5.34. The zero-order chi connectivity index (χ0) is 23.1. The van der Waals surface area contributed by atoms with Crippen LogP contribution in [0, 0.1) is 0 Å². The Morgan fingerprint density at radius 3 is 2.47 bits per heavy atom. The van der Waals surface area contributed by atoms with Gasteiger partial charge in [0, 0.05) is 23.3 Å². The number of carbonyl (C=O) groups is 1. The summed E-state index contributed by atoms with van der Waals surface area (Å²) in [5.74, 6) is -0.781. The molecule has 0 aliphatic heterocycles. The minimum Gasteiger partial charge on any atom is -0.497 e. The summed E-state index contributed by atoms with van der Waals surface area (Å²) in [6.45, 7) is 1.36. The Kier molecular flexibility index (Phi) is 5.23. The maximum absolute atomic E-state index is 13.7. The van der Waals surface area contributed by atoms with Gasteiger partial charge in [-0.1, -0.05) is 18.2 Å². The van der Waals surface area contributed by atoms with Crippen molar-refractivity contribution in [2.75, 3.05) is 7.11 Å². The van der Waals surface area contributed by atoms with E-state index in [1.165, 1.54) is 44.5 Å². The van der Waals surface area contributed by atoms with Crippen molar-refractivity contribution in [3.05, 3.63) is 89.9 Å². The maximum atomic E-state index is 13.7. The van der Waals surface area contributed by atoms with Gasteiger partial charge in [0.05, 0.1) is 28.8 Å². The van der Waals surface area contributed by atoms with Crippen molar-refractivity contribution in [3.8, 4) is 5.75 Å². The standard InChI is InChI=1S/C23H20N2O6S/c1-23(28,19-10-11-24-14-18(19)22(26)27)21-13-15-12-16(31-2)8-9-20(15)25(21)32(29,30)17-6-4-3-5-7-17/h3-14,28H,1-2H3,(H,26,27). The SMILES string of the molecule is COc1ccc2c(c1)cc(C(C)(O)c1ccncc1C(=O)O)n2S(=O)(=O)c1ccccc1. The monoisotopic (exact) mass is 452 g/mol. The number of carboxylic acid groups (broad SMARTS) is 1. The van der Waals surface area contributed by atoms with Gasteiger partial charge in [0.2, 0.25) is 0 Å². The predicted molar refractivity (Wildman–Crippen MR) is 117 cm³/mol. The number of nitrogens with zero attached hydrogens (tertiary/aromatic N) is 2. The van der Waals surface area contributed by atoms with Crippen molar-refractivity contribution in [1.82, 2.24) is 8.96 Å². The second-order valence-electron chi connectivity index (χ2n) is 7.34. The van der Waals surface area contributed by atoms with Gasteiger partial charge in [-0.3, -0.25) is 4.98 Å². The third kappa shape index (κ3) is 3.41. The van der Waals surface area contributed by atoms with Gasteiger partial charge in [0.1, 0.15) is 11.4 Å². The Bertz CT molecular complexity index is 1430. The summed E-state index contributed by atoms with van der Waals surface area (Å²) in [5, 5.41) is 21.7. The van der Waals surface area contributed by atoms with E-state index < -0.39 is 21.6 Å². The first-order valence-corrected chi connectivity index (χ1v) is 11.0. The van der Waals surface area contributed by atoms with E-state index in [9.17, 15) is 23.4 Å². The van der Waals surface area contributed by atoms with E-state index >= 15 is 0 Å². The number of aromatic carboxylic acids is 1. The smallest absolute Gasteiger partial charge is 0.337 e. The number of hydrogen-bond acceptors (Lipinski definition) is 6. The van der Waals surface area contributed by atoms with Crippen LogP contribution < -0.4 is 4.74 Å². The maximum Gasteiger partial charge on any atom is 0.337 e. The molecule has 32 heavy (non-hydrogen) atoms. The number of benzene rings is 2. The van der Waals surface area contributed by atoms with Crippen molar-refractivity contribution >= 4 is 26.9 Å². The van der Waals surface area contributed by atoms with Crippen LogP contribution in [0.2, 0.25) is 0 Å². The van der Waals surface area contributed by atoms with Crippen LogP contribution in [0.4, 0.5) is 0 Å². The van der Waals surface area contributed by atoms with Crippen molar-refractivity contribution in [2.45, 2.75) is 17.4 Å². The van der Waals surface area contributed by atoms with E-state index in [-0.39, 0.29) is 21.7 Å². The van der Waals surface area contributed by atoms with Crippen LogP contribution in [0.1, 0.15) is 28.5 Å². The molecule has 1 unspecified atom stereocenters. The second-order valence-corrected chi connectivity index (χ2v) is 9.12. The Labute approximate surface area is 184 Å². The molecule has 0 radical (unpaired) electrons. The van der Waals surface area contributed by atoms with Crippen LogP contribution in [0.3, 0.4) is 0 Å². The van der Waals surface area contributed by atoms with Crippen molar-refractivity contribution in [1.29, 1.82) is 0 Å². The number of hydrogen-bond donors (Lipinski definition) is 2. The van der Waals surface area contributed by atoms with Crippen LogP contribution in [0.15, 0.2) is 78.0 Å². The molecule has 0 spiro atoms. The van der Waals surface area contributed by atoms with Crippen LogP contribution >= 0.6 is 0 Å². The number of pyridine rings is 1. The van der Waals surface area contributed by atoms with Crippen molar-refractivity contribution in [2.24, 2.45) is 0 Å². The number of rotatable bonds is 6. The minimum absolute atomic E-state index is 0.0132. The summed E-state index contributed by atoms with van der Waals surface area (Å²) in [7, 11) is -2.65. The van der Waals surface area contributed by atoms with Gasteiger partial charge in [0.15, 0.2) is 0 Å². The highest BCUT2D eigenvalue weighted by atomic mass is 32.2. The molecule has 164 valence electrons. The fourth-order valence-electron chi connectivity index (χ4n) is 3.72. The molecule has 2 heterocycles. The van der Waals surface area contributed by atoms with Crippen LogP contribution in [-0.4, -0.2) is 40.7 Å². The molecule has 1 atom stereocenters. The summed E-state index contributed by atoms with van der Waals surface area (Å²) >= 11 is 0. The molecular formula is C23H20N2O6S. The van der Waals surface area contributed by atoms with Crippen LogP contribution in [0.5, 0.6) is 5.75 Å². The summed E-state index contributed by atoms with van der Waals surface area (Å²) < 4.78 is 33.6. The van der Waals surface area contributed by atoms with Crippen LogP contribution in [0.25, 0.3) is 10.9 Å². The van der Waals surface area contributed by atoms with Crippen molar-refractivity contribution in [3.63, 3.8) is 0 Å². The molecule has 2 aromatic carbocycles. The van der Waals surface area contributed by atoms with Gasteiger partial charge >= 0.3 is 5.97 Å². The summed E-state index contributed by atoms with van der Waals surface area (Å²) in [5.41, 5.74) is -1.90. The topological polar surface area (TPSA) is 119 Å². The molecule has 4 rings (SSSR count). The largest absolute Gasteiger partial charge is 0.497 e. The van der Waals surface area contributed by atoms with E-state index in [1.807, 2.05) is 0 Å². The summed E-state index contributed by atoms with van der Waals surface area (Å²) in [6.07, 6.45) is 2.46. The Morgan fingerprint density at radius 1 is 1.09 bits per heavy atom. The van der Waals surface area contributed by atoms with Gasteiger partial charge in [-0.15, -0.1) is 0 Å². The first-order valence-electron chi connectivity index (χ1n) is 9.58. The average Bonchev–Trinajstić information content (AvgIpc) is 3.20. The molecule has 0 amide bonds. The molecule has 4 aromatic rings. The van der Waals surface area contributed by atoms with Gasteiger partial charge in [-0.05, 0) is 49.4 Å². The molecule has 0 fully saturated rings. The molecule has 0 saturated heterocycles. The number of aromatic nitrogens is 2. The van der Waals surface area contributed by atoms with E-state index in [1.54, 1.807) is 36.4 Å². The lowest BCUT2D eigenvalue weighted by atomic mass is 9.90. The Morgan fingerprint density at radius 2 is 1.81 bits per heavy atom. The zero-order valence-electron chi connectivity index (χ0n) is 17.3. The quantitative estimate of drug-likeness (QED) is 0.461. The number of fused-ring (bicyclic) bond motifs is 1. The molecule has 2 N–H and O–H groups in total. The van der Waals surface area contributed by atoms with E-state index in [2.05, 4.69) is 4.98 Å². The highest BCUT2D eigenvalue weighted by Crippen LogP contribution is 2.38. The fraction of sp³-hybridized carbons (Fsp3) is 0.130. The minimum atomic E-state index is -4.14. The predicted octanol–water partition coefficient (Wildman–Crippen LogP) is 3.24. The molecule has 0 aliphatic carbocycles. The van der Waals surface area contributed by atoms with Gasteiger partial charge in [-0.25, -0.2) is 17.2 Å². The van der Waals surface area contributed by atoms with E-state index in [0.29, 0.717) is 16.7 Å². The Hall–Kier alpha value is -3.69. The Balaban J connectivity index is 2.08. The molecule has 2 aromatic heterocycles. The zero-order valence-corrected chi connectivity index (χ0v) is 18.1. The third-order valence-electron chi connectivity index (χ3n) is 5.32. The van der Waals surface area contributed by atoms with Gasteiger partial charge < -0.3 is 14.9 Å². The number of aliphatic hydroxyl groups is 1. The number of ether oxygens (including phenoxy) is 1. The molecular weight excluding hydrogens is 432 g/mol. The van der Waals surface area contributed by atoms with E-state index in [0.717, 1.165) is 10.2 Å². The lowest BCUT2D eigenvalue weighted by Crippen LogP contribution is -2.31. The lowest BCUT2D eigenvalue weighted by molar-refractivity contribution is 0.0663. The van der Waals surface area contributed by atoms with Gasteiger partial charge in [-0.2, -0.15) is 0 Å². The third-order valence-corrected chi connectivity index (χ3v) is 7.06. The number of methoxy groups -OCH3 is 1. The highest BCUT2D eigenvalue weighted by molar-refractivity contribution is 7.90. The molecule has 9 heteroatoms. The first-order chi connectivity index (χ1) is 15.2. The average molecular weight is 452 g/mol. The number of carboxylic acids is 1. The molecule has 0 bridgehead atoms. The van der Waals surface area contributed by atoms with E-state index in [4.69, 9.17) is 4.74 Å². The van der Waals surface area contributed by atoms with Crippen LogP contribution in [-0.2, 0) is 15.6 Å². The second kappa shape index (κ2) is 7.77. The normalized spacial score (nSPS) is 13.6. The van der Waals surface area contributed by atoms with Gasteiger partial charge in [0.25, 0.3) is 10.0 Å².